The Balaban J connectivity index is 1.43. The van der Waals surface area contributed by atoms with Crippen LogP contribution >= 0.6 is 34.4 Å². The van der Waals surface area contributed by atoms with Crippen LogP contribution < -0.4 is 10.6 Å². The van der Waals surface area contributed by atoms with Crippen LogP contribution in [0.2, 0.25) is 0 Å². The average molecular weight is 439 g/mol. The summed E-state index contributed by atoms with van der Waals surface area (Å²) in [7, 11) is 0. The molecule has 2 aromatic heterocycles. The zero-order valence-corrected chi connectivity index (χ0v) is 17.3. The predicted molar refractivity (Wildman–Crippen MR) is 117 cm³/mol. The fourth-order valence-electron chi connectivity index (χ4n) is 2.46. The maximum atomic E-state index is 12.7. The normalized spacial score (nSPS) is 10.5. The first-order valence-corrected chi connectivity index (χ1v) is 11.1. The lowest BCUT2D eigenvalue weighted by Gasteiger charge is -2.10. The van der Waals surface area contributed by atoms with Crippen molar-refractivity contribution in [2.24, 2.45) is 0 Å². The smallest absolute Gasteiger partial charge is 0.265 e. The maximum Gasteiger partial charge on any atom is 0.265 e. The Labute approximate surface area is 179 Å². The number of nitrogens with one attached hydrogen (secondary N) is 2. The SMILES string of the molecule is O=C(Nc1ccccc1Sc1nncs1)c1ccc(NC(=O)c2cccs2)cc1. The number of hydrogen-bond donors (Lipinski definition) is 2. The average Bonchev–Trinajstić information content (AvgIpc) is 3.44. The number of rotatable bonds is 6. The van der Waals surface area contributed by atoms with Gasteiger partial charge < -0.3 is 10.6 Å². The molecule has 0 aliphatic carbocycles. The summed E-state index contributed by atoms with van der Waals surface area (Å²) in [5.74, 6) is -0.397. The number of benzene rings is 2. The number of amides is 2. The van der Waals surface area contributed by atoms with E-state index in [-0.39, 0.29) is 11.8 Å². The van der Waals surface area contributed by atoms with E-state index in [4.69, 9.17) is 0 Å². The molecule has 0 unspecified atom stereocenters. The van der Waals surface area contributed by atoms with Gasteiger partial charge in [-0.15, -0.1) is 21.5 Å². The van der Waals surface area contributed by atoms with Crippen molar-refractivity contribution in [3.63, 3.8) is 0 Å². The van der Waals surface area contributed by atoms with E-state index < -0.39 is 0 Å². The van der Waals surface area contributed by atoms with Gasteiger partial charge in [-0.05, 0) is 47.8 Å². The van der Waals surface area contributed by atoms with Gasteiger partial charge in [0.2, 0.25) is 0 Å². The van der Waals surface area contributed by atoms with Crippen molar-refractivity contribution in [2.45, 2.75) is 9.24 Å². The Kier molecular flexibility index (Phi) is 5.99. The van der Waals surface area contributed by atoms with Crippen LogP contribution in [-0.2, 0) is 0 Å². The maximum absolute atomic E-state index is 12.7. The monoisotopic (exact) mass is 438 g/mol. The minimum absolute atomic E-state index is 0.167. The van der Waals surface area contributed by atoms with Gasteiger partial charge in [0, 0.05) is 16.1 Å². The van der Waals surface area contributed by atoms with E-state index >= 15 is 0 Å². The van der Waals surface area contributed by atoms with Gasteiger partial charge in [-0.2, -0.15) is 0 Å². The standard InChI is InChI=1S/C20H14N4O2S3/c25-18(23-15-4-1-2-5-16(15)29-20-24-21-12-28-20)13-7-9-14(10-8-13)22-19(26)17-6-3-11-27-17/h1-12H,(H,22,26)(H,23,25). The minimum atomic E-state index is -0.230. The lowest BCUT2D eigenvalue weighted by Crippen LogP contribution is -2.13. The van der Waals surface area contributed by atoms with Gasteiger partial charge >= 0.3 is 0 Å². The molecular formula is C20H14N4O2S3. The van der Waals surface area contributed by atoms with Crippen LogP contribution in [0.5, 0.6) is 0 Å². The number of carbonyl (C=O) groups is 2. The number of aromatic nitrogens is 2. The summed E-state index contributed by atoms with van der Waals surface area (Å²) in [5.41, 5.74) is 3.50. The summed E-state index contributed by atoms with van der Waals surface area (Å²) in [6.07, 6.45) is 0. The van der Waals surface area contributed by atoms with Gasteiger partial charge in [-0.1, -0.05) is 41.3 Å². The molecule has 6 nitrogen and oxygen atoms in total. The third kappa shape index (κ3) is 4.89. The van der Waals surface area contributed by atoms with Gasteiger partial charge in [0.05, 0.1) is 10.6 Å². The molecule has 2 amide bonds. The molecule has 0 aliphatic rings. The Morgan fingerprint density at radius 1 is 0.862 bits per heavy atom. The molecule has 4 aromatic rings. The van der Waals surface area contributed by atoms with Crippen molar-refractivity contribution in [2.75, 3.05) is 10.6 Å². The van der Waals surface area contributed by atoms with E-state index in [9.17, 15) is 9.59 Å². The van der Waals surface area contributed by atoms with Crippen LogP contribution in [0.15, 0.2) is 80.8 Å². The van der Waals surface area contributed by atoms with Crippen LogP contribution in [0.25, 0.3) is 0 Å². The predicted octanol–water partition coefficient (Wildman–Crippen LogP) is 5.26. The molecule has 0 saturated heterocycles. The number of para-hydroxylation sites is 1. The van der Waals surface area contributed by atoms with Gasteiger partial charge in [-0.25, -0.2) is 0 Å². The number of carbonyl (C=O) groups excluding carboxylic acids is 2. The molecule has 2 heterocycles. The molecule has 0 fully saturated rings. The molecule has 0 saturated carbocycles. The van der Waals surface area contributed by atoms with Crippen molar-refractivity contribution in [3.05, 3.63) is 82.0 Å². The Morgan fingerprint density at radius 3 is 2.41 bits per heavy atom. The zero-order valence-electron chi connectivity index (χ0n) is 14.9. The summed E-state index contributed by atoms with van der Waals surface area (Å²) in [4.78, 5) is 26.3. The number of thiophene rings is 1. The van der Waals surface area contributed by atoms with Gasteiger partial charge in [0.15, 0.2) is 4.34 Å². The molecule has 0 aliphatic heterocycles. The zero-order chi connectivity index (χ0) is 20.1. The first-order valence-electron chi connectivity index (χ1n) is 8.48. The second kappa shape index (κ2) is 8.99. The summed E-state index contributed by atoms with van der Waals surface area (Å²) in [6, 6.07) is 17.9. The first-order chi connectivity index (χ1) is 14.2. The second-order valence-electron chi connectivity index (χ2n) is 5.77. The van der Waals surface area contributed by atoms with Crippen molar-refractivity contribution >= 4 is 57.6 Å². The number of nitrogens with zero attached hydrogens (tertiary/aromatic N) is 2. The Morgan fingerprint density at radius 2 is 1.69 bits per heavy atom. The molecule has 9 heteroatoms. The van der Waals surface area contributed by atoms with Crippen LogP contribution in [0.3, 0.4) is 0 Å². The second-order valence-corrected chi connectivity index (χ2v) is 8.84. The molecule has 144 valence electrons. The van der Waals surface area contributed by atoms with Gasteiger partial charge in [-0.3, -0.25) is 9.59 Å². The van der Waals surface area contributed by atoms with Crippen molar-refractivity contribution < 1.29 is 9.59 Å². The van der Waals surface area contributed by atoms with Crippen molar-refractivity contribution in [1.82, 2.24) is 10.2 Å². The highest BCUT2D eigenvalue weighted by Gasteiger charge is 2.12. The van der Waals surface area contributed by atoms with Crippen molar-refractivity contribution in [3.8, 4) is 0 Å². The minimum Gasteiger partial charge on any atom is -0.321 e. The Hall–Kier alpha value is -3.01. The largest absolute Gasteiger partial charge is 0.321 e. The topological polar surface area (TPSA) is 84.0 Å². The van der Waals surface area contributed by atoms with E-state index in [2.05, 4.69) is 20.8 Å². The molecule has 2 aromatic carbocycles. The highest BCUT2D eigenvalue weighted by molar-refractivity contribution is 8.01. The molecule has 4 rings (SSSR count). The molecule has 0 radical (unpaired) electrons. The lowest BCUT2D eigenvalue weighted by molar-refractivity contribution is 0.102. The fourth-order valence-corrected chi connectivity index (χ4v) is 4.60. The highest BCUT2D eigenvalue weighted by Crippen LogP contribution is 2.34. The van der Waals surface area contributed by atoms with E-state index in [0.29, 0.717) is 21.8 Å². The molecule has 0 bridgehead atoms. The van der Waals surface area contributed by atoms with Crippen molar-refractivity contribution in [1.29, 1.82) is 0 Å². The Bertz CT molecular complexity index is 1110. The molecule has 29 heavy (non-hydrogen) atoms. The quantitative estimate of drug-likeness (QED) is 0.429. The van der Waals surface area contributed by atoms with E-state index in [1.54, 1.807) is 35.8 Å². The van der Waals surface area contributed by atoms with Crippen LogP contribution in [0.1, 0.15) is 20.0 Å². The highest BCUT2D eigenvalue weighted by atomic mass is 32.2. The third-order valence-corrected chi connectivity index (χ3v) is 6.54. The number of hydrogen-bond acceptors (Lipinski definition) is 7. The third-order valence-electron chi connectivity index (χ3n) is 3.82. The number of anilines is 2. The molecular weight excluding hydrogens is 424 g/mol. The van der Waals surface area contributed by atoms with Crippen LogP contribution in [0.4, 0.5) is 11.4 Å². The van der Waals surface area contributed by atoms with E-state index in [0.717, 1.165) is 9.24 Å². The van der Waals surface area contributed by atoms with Gasteiger partial charge in [0.25, 0.3) is 11.8 Å². The van der Waals surface area contributed by atoms with Gasteiger partial charge in [0.1, 0.15) is 5.51 Å². The molecule has 0 spiro atoms. The lowest BCUT2D eigenvalue weighted by atomic mass is 10.2. The molecule has 2 N–H and O–H groups in total. The summed E-state index contributed by atoms with van der Waals surface area (Å²) in [5, 5.41) is 15.5. The summed E-state index contributed by atoms with van der Waals surface area (Å²) >= 11 is 4.27. The van der Waals surface area contributed by atoms with E-state index in [1.165, 1.54) is 34.4 Å². The summed E-state index contributed by atoms with van der Waals surface area (Å²) in [6.45, 7) is 0. The molecule has 0 atom stereocenters. The summed E-state index contributed by atoms with van der Waals surface area (Å²) < 4.78 is 0.803. The fraction of sp³-hybridized carbons (Fsp3) is 0. The van der Waals surface area contributed by atoms with E-state index in [1.807, 2.05) is 35.7 Å². The first kappa shape index (κ1) is 19.3. The van der Waals surface area contributed by atoms with Crippen LogP contribution in [0, 0.1) is 0 Å². The van der Waals surface area contributed by atoms with Crippen LogP contribution in [-0.4, -0.2) is 22.0 Å².